The van der Waals surface area contributed by atoms with E-state index in [4.69, 9.17) is 0 Å². The molecule has 2 rings (SSSR count). The van der Waals surface area contributed by atoms with Gasteiger partial charge in [0, 0.05) is 24.8 Å². The third-order valence-electron chi connectivity index (χ3n) is 4.22. The number of piperidine rings is 1. The van der Waals surface area contributed by atoms with Gasteiger partial charge < -0.3 is 4.90 Å². The SMILES string of the molecule is CCCC1(C)CCCN(c2nccc(C)c2[N+](=O)[O-])C1. The number of aromatic nitrogens is 1. The van der Waals surface area contributed by atoms with Gasteiger partial charge in [-0.15, -0.1) is 0 Å². The van der Waals surface area contributed by atoms with E-state index in [0.717, 1.165) is 32.4 Å². The van der Waals surface area contributed by atoms with E-state index in [-0.39, 0.29) is 16.0 Å². The molecule has 0 radical (unpaired) electrons. The molecule has 0 spiro atoms. The molecule has 2 heterocycles. The molecule has 0 bridgehead atoms. The first-order chi connectivity index (χ1) is 9.47. The van der Waals surface area contributed by atoms with Crippen LogP contribution in [-0.2, 0) is 0 Å². The fourth-order valence-corrected chi connectivity index (χ4v) is 3.30. The molecular weight excluding hydrogens is 254 g/mol. The highest BCUT2D eigenvalue weighted by atomic mass is 16.6. The average Bonchev–Trinajstić information content (AvgIpc) is 2.38. The van der Waals surface area contributed by atoms with Gasteiger partial charge >= 0.3 is 5.69 Å². The van der Waals surface area contributed by atoms with Crippen LogP contribution in [0.5, 0.6) is 0 Å². The van der Waals surface area contributed by atoms with Gasteiger partial charge in [0.15, 0.2) is 0 Å². The van der Waals surface area contributed by atoms with E-state index >= 15 is 0 Å². The predicted octanol–water partition coefficient (Wildman–Crippen LogP) is 3.70. The van der Waals surface area contributed by atoms with Gasteiger partial charge in [0.2, 0.25) is 5.82 Å². The first kappa shape index (κ1) is 14.8. The van der Waals surface area contributed by atoms with Crippen molar-refractivity contribution in [1.82, 2.24) is 4.98 Å². The summed E-state index contributed by atoms with van der Waals surface area (Å²) >= 11 is 0. The standard InChI is InChI=1S/C15H23N3O2/c1-4-7-15(3)8-5-10-17(11-15)14-13(18(19)20)12(2)6-9-16-14/h6,9H,4-5,7-8,10-11H2,1-3H3. The van der Waals surface area contributed by atoms with Crippen LogP contribution >= 0.6 is 0 Å². The van der Waals surface area contributed by atoms with E-state index < -0.39 is 0 Å². The summed E-state index contributed by atoms with van der Waals surface area (Å²) in [5.41, 5.74) is 1.09. The number of pyridine rings is 1. The Bertz CT molecular complexity index is 500. The van der Waals surface area contributed by atoms with Gasteiger partial charge in [-0.25, -0.2) is 4.98 Å². The van der Waals surface area contributed by atoms with Gasteiger partial charge in [-0.3, -0.25) is 10.1 Å². The number of anilines is 1. The summed E-state index contributed by atoms with van der Waals surface area (Å²) < 4.78 is 0. The number of hydrogen-bond acceptors (Lipinski definition) is 4. The Morgan fingerprint density at radius 2 is 2.30 bits per heavy atom. The molecule has 5 nitrogen and oxygen atoms in total. The molecule has 0 saturated carbocycles. The van der Waals surface area contributed by atoms with Gasteiger partial charge in [-0.05, 0) is 37.7 Å². The first-order valence-corrected chi connectivity index (χ1v) is 7.32. The summed E-state index contributed by atoms with van der Waals surface area (Å²) in [4.78, 5) is 17.4. The van der Waals surface area contributed by atoms with Crippen LogP contribution in [0.25, 0.3) is 0 Å². The van der Waals surface area contributed by atoms with Gasteiger partial charge in [0.05, 0.1) is 4.92 Å². The first-order valence-electron chi connectivity index (χ1n) is 7.32. The van der Waals surface area contributed by atoms with Gasteiger partial charge in [-0.2, -0.15) is 0 Å². The van der Waals surface area contributed by atoms with Crippen molar-refractivity contribution in [2.75, 3.05) is 18.0 Å². The van der Waals surface area contributed by atoms with Crippen molar-refractivity contribution in [3.8, 4) is 0 Å². The molecule has 0 aliphatic carbocycles. The number of nitrogens with zero attached hydrogens (tertiary/aromatic N) is 3. The number of hydrogen-bond donors (Lipinski definition) is 0. The Kier molecular flexibility index (Phi) is 4.26. The summed E-state index contributed by atoms with van der Waals surface area (Å²) in [6, 6.07) is 1.71. The quantitative estimate of drug-likeness (QED) is 0.622. The van der Waals surface area contributed by atoms with Crippen molar-refractivity contribution < 1.29 is 4.92 Å². The van der Waals surface area contributed by atoms with Crippen molar-refractivity contribution in [2.24, 2.45) is 5.41 Å². The smallest absolute Gasteiger partial charge is 0.314 e. The summed E-state index contributed by atoms with van der Waals surface area (Å²) in [6.45, 7) is 7.97. The highest BCUT2D eigenvalue weighted by molar-refractivity contribution is 5.61. The van der Waals surface area contributed by atoms with E-state index in [1.54, 1.807) is 19.2 Å². The minimum Gasteiger partial charge on any atom is -0.350 e. The van der Waals surface area contributed by atoms with Crippen LogP contribution in [0.1, 0.15) is 45.1 Å². The Balaban J connectivity index is 2.32. The largest absolute Gasteiger partial charge is 0.350 e. The van der Waals surface area contributed by atoms with E-state index in [1.807, 2.05) is 0 Å². The molecule has 1 aliphatic rings. The van der Waals surface area contributed by atoms with Gasteiger partial charge in [-0.1, -0.05) is 20.3 Å². The second-order valence-electron chi connectivity index (χ2n) is 6.14. The van der Waals surface area contributed by atoms with Crippen molar-refractivity contribution in [2.45, 2.75) is 46.5 Å². The van der Waals surface area contributed by atoms with Crippen molar-refractivity contribution >= 4 is 11.5 Å². The highest BCUT2D eigenvalue weighted by Crippen LogP contribution is 2.38. The van der Waals surface area contributed by atoms with E-state index in [1.165, 1.54) is 6.42 Å². The van der Waals surface area contributed by atoms with E-state index in [9.17, 15) is 10.1 Å². The summed E-state index contributed by atoms with van der Waals surface area (Å²) in [6.07, 6.45) is 6.24. The molecule has 1 atom stereocenters. The molecular formula is C15H23N3O2. The van der Waals surface area contributed by atoms with Crippen LogP contribution in [0.2, 0.25) is 0 Å². The number of nitro groups is 1. The van der Waals surface area contributed by atoms with Crippen LogP contribution < -0.4 is 4.90 Å². The normalized spacial score (nSPS) is 22.9. The highest BCUT2D eigenvalue weighted by Gasteiger charge is 2.33. The lowest BCUT2D eigenvalue weighted by Crippen LogP contribution is -2.42. The Morgan fingerprint density at radius 3 is 2.95 bits per heavy atom. The van der Waals surface area contributed by atoms with E-state index in [0.29, 0.717) is 11.4 Å². The molecule has 1 aliphatic heterocycles. The number of rotatable bonds is 4. The molecule has 1 saturated heterocycles. The van der Waals surface area contributed by atoms with Crippen molar-refractivity contribution in [3.05, 3.63) is 27.9 Å². The zero-order chi connectivity index (χ0) is 14.8. The van der Waals surface area contributed by atoms with Gasteiger partial charge in [0.25, 0.3) is 0 Å². The van der Waals surface area contributed by atoms with E-state index in [2.05, 4.69) is 23.7 Å². The third-order valence-corrected chi connectivity index (χ3v) is 4.22. The predicted molar refractivity (Wildman–Crippen MR) is 80.1 cm³/mol. The minimum absolute atomic E-state index is 0.160. The number of aryl methyl sites for hydroxylation is 1. The molecule has 5 heteroatoms. The monoisotopic (exact) mass is 277 g/mol. The molecule has 1 unspecified atom stereocenters. The Hall–Kier alpha value is -1.65. The minimum atomic E-state index is -0.302. The lowest BCUT2D eigenvalue weighted by atomic mass is 9.78. The van der Waals surface area contributed by atoms with Crippen LogP contribution in [0, 0.1) is 22.5 Å². The van der Waals surface area contributed by atoms with Crippen LogP contribution in [0.4, 0.5) is 11.5 Å². The third kappa shape index (κ3) is 2.92. The van der Waals surface area contributed by atoms with Crippen molar-refractivity contribution in [1.29, 1.82) is 0 Å². The molecule has 1 aromatic rings. The second-order valence-corrected chi connectivity index (χ2v) is 6.14. The summed E-state index contributed by atoms with van der Waals surface area (Å²) in [5.74, 6) is 0.539. The molecule has 0 aromatic carbocycles. The Morgan fingerprint density at radius 1 is 1.55 bits per heavy atom. The molecule has 0 amide bonds. The maximum Gasteiger partial charge on any atom is 0.314 e. The maximum absolute atomic E-state index is 11.3. The lowest BCUT2D eigenvalue weighted by Gasteiger charge is -2.41. The second kappa shape index (κ2) is 5.77. The molecule has 110 valence electrons. The molecule has 0 N–H and O–H groups in total. The van der Waals surface area contributed by atoms with Gasteiger partial charge in [0.1, 0.15) is 0 Å². The zero-order valence-electron chi connectivity index (χ0n) is 12.6. The molecule has 1 fully saturated rings. The molecule has 20 heavy (non-hydrogen) atoms. The van der Waals surface area contributed by atoms with Crippen LogP contribution in [0.15, 0.2) is 12.3 Å². The summed E-state index contributed by atoms with van der Waals surface area (Å²) in [5, 5.41) is 11.3. The fraction of sp³-hybridized carbons (Fsp3) is 0.667. The van der Waals surface area contributed by atoms with Crippen LogP contribution in [-0.4, -0.2) is 23.0 Å². The summed E-state index contributed by atoms with van der Waals surface area (Å²) in [7, 11) is 0. The van der Waals surface area contributed by atoms with Crippen LogP contribution in [0.3, 0.4) is 0 Å². The Labute approximate surface area is 120 Å². The zero-order valence-corrected chi connectivity index (χ0v) is 12.6. The fourth-order valence-electron chi connectivity index (χ4n) is 3.30. The lowest BCUT2D eigenvalue weighted by molar-refractivity contribution is -0.384. The van der Waals surface area contributed by atoms with Crippen molar-refractivity contribution in [3.63, 3.8) is 0 Å². The average molecular weight is 277 g/mol. The molecule has 1 aromatic heterocycles. The maximum atomic E-state index is 11.3. The topological polar surface area (TPSA) is 59.3 Å².